The molecule has 0 spiro atoms. The summed E-state index contributed by atoms with van der Waals surface area (Å²) < 4.78 is 16.8. The number of nitrogens with one attached hydrogen (secondary N) is 2. The fourth-order valence-electron chi connectivity index (χ4n) is 4.06. The topological polar surface area (TPSA) is 75.1 Å². The molecule has 1 saturated heterocycles. The Kier molecular flexibility index (Phi) is 4.86. The number of carbonyl (C=O) groups is 1. The van der Waals surface area contributed by atoms with Gasteiger partial charge in [0.1, 0.15) is 0 Å². The zero-order valence-corrected chi connectivity index (χ0v) is 16.7. The number of aryl methyl sites for hydroxylation is 1. The highest BCUT2D eigenvalue weighted by atomic mass is 19.1. The molecule has 0 bridgehead atoms. The molecule has 0 saturated carbocycles. The summed E-state index contributed by atoms with van der Waals surface area (Å²) in [5, 5.41) is 10.1. The first kappa shape index (κ1) is 19.2. The maximum atomic E-state index is 15.2. The molecule has 0 radical (unpaired) electrons. The van der Waals surface area contributed by atoms with Gasteiger partial charge >= 0.3 is 0 Å². The Morgan fingerprint density at radius 2 is 2.24 bits per heavy atom. The van der Waals surface area contributed by atoms with E-state index in [1.165, 1.54) is 0 Å². The first-order valence-electron chi connectivity index (χ1n) is 9.73. The zero-order valence-electron chi connectivity index (χ0n) is 16.7. The highest BCUT2D eigenvalue weighted by Crippen LogP contribution is 2.33. The molecule has 0 aliphatic carbocycles. The van der Waals surface area contributed by atoms with Crippen LogP contribution < -0.4 is 10.6 Å². The van der Waals surface area contributed by atoms with Crippen LogP contribution in [0.3, 0.4) is 0 Å². The van der Waals surface area contributed by atoms with Crippen LogP contribution in [-0.4, -0.2) is 44.2 Å². The summed E-state index contributed by atoms with van der Waals surface area (Å²) >= 11 is 0. The minimum Gasteiger partial charge on any atom is -0.367 e. The number of likely N-dealkylation sites (tertiary alicyclic amines) is 1. The second-order valence-electron chi connectivity index (χ2n) is 7.68. The van der Waals surface area contributed by atoms with E-state index in [-0.39, 0.29) is 24.3 Å². The van der Waals surface area contributed by atoms with Crippen molar-refractivity contribution in [1.29, 1.82) is 0 Å². The number of allylic oxidation sites excluding steroid dienone is 1. The number of rotatable bonds is 5. The number of fused-ring (bicyclic) bond motifs is 1. The molecule has 2 aliphatic heterocycles. The number of anilines is 1. The molecular weight excluding hydrogens is 371 g/mol. The van der Waals surface area contributed by atoms with Gasteiger partial charge in [-0.05, 0) is 25.8 Å². The maximum absolute atomic E-state index is 15.2. The van der Waals surface area contributed by atoms with E-state index in [4.69, 9.17) is 0 Å². The molecule has 2 aromatic rings. The number of halogens is 1. The van der Waals surface area contributed by atoms with E-state index in [0.717, 1.165) is 18.5 Å². The van der Waals surface area contributed by atoms with E-state index in [0.29, 0.717) is 35.0 Å². The molecular formula is C21H25FN6O. The van der Waals surface area contributed by atoms with Gasteiger partial charge in [0.05, 0.1) is 17.5 Å². The van der Waals surface area contributed by atoms with Gasteiger partial charge in [0.25, 0.3) is 5.91 Å². The normalized spacial score (nSPS) is 20.9. The van der Waals surface area contributed by atoms with Gasteiger partial charge in [0, 0.05) is 55.2 Å². The molecule has 2 aliphatic rings. The number of pyridine rings is 1. The van der Waals surface area contributed by atoms with Crippen LogP contribution in [-0.2, 0) is 13.6 Å². The predicted molar refractivity (Wildman–Crippen MR) is 110 cm³/mol. The van der Waals surface area contributed by atoms with Crippen molar-refractivity contribution >= 4 is 11.7 Å². The zero-order chi connectivity index (χ0) is 20.7. The van der Waals surface area contributed by atoms with Crippen LogP contribution in [0.15, 0.2) is 37.3 Å². The molecule has 4 rings (SSSR count). The largest absolute Gasteiger partial charge is 0.367 e. The maximum Gasteiger partial charge on any atom is 0.254 e. The minimum absolute atomic E-state index is 0.00904. The summed E-state index contributed by atoms with van der Waals surface area (Å²) in [5.41, 5.74) is 2.63. The van der Waals surface area contributed by atoms with Crippen LogP contribution in [0.25, 0.3) is 11.3 Å². The Balaban J connectivity index is 1.69. The molecule has 0 aromatic carbocycles. The lowest BCUT2D eigenvalue weighted by molar-refractivity contribution is 0.0966. The first-order valence-corrected chi connectivity index (χ1v) is 9.73. The van der Waals surface area contributed by atoms with E-state index in [9.17, 15) is 4.79 Å². The minimum atomic E-state index is -0.473. The van der Waals surface area contributed by atoms with Crippen molar-refractivity contribution in [3.63, 3.8) is 0 Å². The van der Waals surface area contributed by atoms with E-state index in [2.05, 4.69) is 45.7 Å². The van der Waals surface area contributed by atoms with Crippen LogP contribution in [0.1, 0.15) is 35.7 Å². The second kappa shape index (κ2) is 7.35. The molecule has 2 atom stereocenters. The van der Waals surface area contributed by atoms with Crippen molar-refractivity contribution in [2.75, 3.05) is 11.9 Å². The van der Waals surface area contributed by atoms with E-state index >= 15 is 4.39 Å². The lowest BCUT2D eigenvalue weighted by atomic mass is 9.98. The molecule has 29 heavy (non-hydrogen) atoms. The quantitative estimate of drug-likeness (QED) is 0.761. The molecule has 7 nitrogen and oxygen atoms in total. The third-order valence-electron chi connectivity index (χ3n) is 5.69. The van der Waals surface area contributed by atoms with Gasteiger partial charge in [-0.2, -0.15) is 5.10 Å². The molecule has 152 valence electrons. The third-order valence-corrected chi connectivity index (χ3v) is 5.69. The first-order chi connectivity index (χ1) is 13.9. The van der Waals surface area contributed by atoms with Crippen LogP contribution in [0.5, 0.6) is 0 Å². The second-order valence-corrected chi connectivity index (χ2v) is 7.68. The van der Waals surface area contributed by atoms with Gasteiger partial charge in [-0.3, -0.25) is 9.48 Å². The fourth-order valence-corrected chi connectivity index (χ4v) is 4.06. The standard InChI is InChI=1S/C21H25FN6O/c1-5-12(2)28-11-15(7-6-13(28)3)25-20-18(22)16-9-23-21(29)17(16)19(26-20)14-8-24-27(4)10-14/h5,8,10,13,15H,1-2,6-7,9,11H2,3-4H3,(H,23,29)(H,25,26)/t13-,15+/m1/s1. The number of hydrogen-bond donors (Lipinski definition) is 2. The van der Waals surface area contributed by atoms with Crippen molar-refractivity contribution in [1.82, 2.24) is 25.0 Å². The molecule has 4 heterocycles. The molecule has 0 unspecified atom stereocenters. The monoisotopic (exact) mass is 396 g/mol. The van der Waals surface area contributed by atoms with Gasteiger partial charge < -0.3 is 15.5 Å². The third kappa shape index (κ3) is 3.39. The van der Waals surface area contributed by atoms with Crippen molar-refractivity contribution in [3.8, 4) is 11.3 Å². The average molecular weight is 396 g/mol. The van der Waals surface area contributed by atoms with Gasteiger partial charge in [0.15, 0.2) is 11.6 Å². The highest BCUT2D eigenvalue weighted by Gasteiger charge is 2.32. The van der Waals surface area contributed by atoms with Crippen molar-refractivity contribution in [2.24, 2.45) is 7.05 Å². The van der Waals surface area contributed by atoms with Crippen LogP contribution in [0.2, 0.25) is 0 Å². The van der Waals surface area contributed by atoms with Crippen molar-refractivity contribution in [2.45, 2.75) is 38.4 Å². The molecule has 2 N–H and O–H groups in total. The van der Waals surface area contributed by atoms with E-state index in [1.807, 2.05) is 0 Å². The van der Waals surface area contributed by atoms with Crippen LogP contribution >= 0.6 is 0 Å². The van der Waals surface area contributed by atoms with Crippen molar-refractivity contribution in [3.05, 3.63) is 54.3 Å². The Labute approximate surface area is 169 Å². The summed E-state index contributed by atoms with van der Waals surface area (Å²) in [6, 6.07) is 0.360. The lowest BCUT2D eigenvalue weighted by Crippen LogP contribution is -2.46. The highest BCUT2D eigenvalue weighted by molar-refractivity contribution is 6.04. The summed E-state index contributed by atoms with van der Waals surface area (Å²) in [5.74, 6) is -0.613. The lowest BCUT2D eigenvalue weighted by Gasteiger charge is -2.40. The molecule has 1 fully saturated rings. The molecule has 2 aromatic heterocycles. The Bertz CT molecular complexity index is 997. The van der Waals surface area contributed by atoms with Crippen LogP contribution in [0.4, 0.5) is 10.2 Å². The Morgan fingerprint density at radius 1 is 1.45 bits per heavy atom. The molecule has 8 heteroatoms. The number of aromatic nitrogens is 3. The SMILES string of the molecule is C=CC(=C)N1C[C@@H](Nc2nc(-c3cnn(C)c3)c3c(c2F)CNC3=O)CC[C@H]1C. The Hall–Kier alpha value is -3.16. The number of piperidine rings is 1. The number of hydrogen-bond acceptors (Lipinski definition) is 5. The van der Waals surface area contributed by atoms with Gasteiger partial charge in [-0.1, -0.05) is 13.2 Å². The van der Waals surface area contributed by atoms with E-state index < -0.39 is 5.82 Å². The smallest absolute Gasteiger partial charge is 0.254 e. The fraction of sp³-hybridized carbons (Fsp3) is 0.381. The summed E-state index contributed by atoms with van der Waals surface area (Å²) in [6.07, 6.45) is 6.99. The number of amides is 1. The Morgan fingerprint density at radius 3 is 2.93 bits per heavy atom. The summed E-state index contributed by atoms with van der Waals surface area (Å²) in [4.78, 5) is 19.0. The van der Waals surface area contributed by atoms with Crippen molar-refractivity contribution < 1.29 is 9.18 Å². The summed E-state index contributed by atoms with van der Waals surface area (Å²) in [7, 11) is 1.79. The predicted octanol–water partition coefficient (Wildman–Crippen LogP) is 2.83. The van der Waals surface area contributed by atoms with E-state index in [1.54, 1.807) is 30.2 Å². The number of nitrogens with zero attached hydrogens (tertiary/aromatic N) is 4. The average Bonchev–Trinajstić information content (AvgIpc) is 3.31. The number of carbonyl (C=O) groups excluding carboxylic acids is 1. The van der Waals surface area contributed by atoms with Gasteiger partial charge in [-0.25, -0.2) is 9.37 Å². The van der Waals surface area contributed by atoms with Gasteiger partial charge in [0.2, 0.25) is 0 Å². The van der Waals surface area contributed by atoms with Crippen LogP contribution in [0, 0.1) is 5.82 Å². The summed E-state index contributed by atoms with van der Waals surface area (Å²) in [6.45, 7) is 10.9. The van der Waals surface area contributed by atoms with Gasteiger partial charge in [-0.15, -0.1) is 0 Å². The molecule has 1 amide bonds.